The molecule has 0 aliphatic carbocycles. The van der Waals surface area contributed by atoms with E-state index < -0.39 is 11.3 Å². The third-order valence-electron chi connectivity index (χ3n) is 5.04. The molecule has 0 aliphatic rings. The number of aromatic nitrogens is 4. The molecule has 4 rings (SSSR count). The van der Waals surface area contributed by atoms with Crippen molar-refractivity contribution in [3.8, 4) is 0 Å². The van der Waals surface area contributed by atoms with Gasteiger partial charge in [-0.1, -0.05) is 30.7 Å². The molecule has 35 heavy (non-hydrogen) atoms. The molecule has 184 valence electrons. The number of nitrogens with zero attached hydrogens (tertiary/aromatic N) is 5. The highest BCUT2D eigenvalue weighted by Crippen LogP contribution is 2.25. The first-order chi connectivity index (χ1) is 17.0. The monoisotopic (exact) mass is 533 g/mol. The fraction of sp³-hybridized carbons (Fsp3) is 0.238. The molecule has 0 bridgehead atoms. The summed E-state index contributed by atoms with van der Waals surface area (Å²) in [5.41, 5.74) is 2.51. The van der Waals surface area contributed by atoms with E-state index in [4.69, 9.17) is 11.6 Å². The van der Waals surface area contributed by atoms with Crippen LogP contribution >= 0.6 is 23.1 Å². The molecule has 0 spiro atoms. The second-order valence-electron chi connectivity index (χ2n) is 7.25. The Morgan fingerprint density at radius 2 is 2.14 bits per heavy atom. The van der Waals surface area contributed by atoms with Crippen LogP contribution < -0.4 is 20.4 Å². The molecule has 1 atom stereocenters. The lowest BCUT2D eigenvalue weighted by Gasteiger charge is -2.23. The number of rotatable bonds is 11. The number of anilines is 2. The number of amides is 1. The molecule has 3 N–H and O–H groups in total. The Balaban J connectivity index is 1.54. The number of hydrogen-bond donors (Lipinski definition) is 3. The fourth-order valence-electron chi connectivity index (χ4n) is 3.44. The second-order valence-corrected chi connectivity index (χ2v) is 9.23. The molecule has 0 saturated carbocycles. The molecule has 2 aromatic carbocycles. The molecule has 2 heterocycles. The Morgan fingerprint density at radius 1 is 1.29 bits per heavy atom. The molecule has 14 heteroatoms. The number of carbonyl (C=O) groups is 1. The molecule has 0 radical (unpaired) electrons. The van der Waals surface area contributed by atoms with Gasteiger partial charge in [-0.05, 0) is 36.4 Å². The van der Waals surface area contributed by atoms with Crippen LogP contribution in [0.2, 0.25) is 5.02 Å². The number of fused-ring (bicyclic) bond motifs is 1. The maximum atomic E-state index is 13.1. The first-order valence-electron chi connectivity index (χ1n) is 10.6. The highest BCUT2D eigenvalue weighted by molar-refractivity contribution is 7.80. The first kappa shape index (κ1) is 25.0. The van der Waals surface area contributed by atoms with Gasteiger partial charge in [0.25, 0.3) is 5.91 Å². The third kappa shape index (κ3) is 5.77. The number of likely N-dealkylation sites (N-methyl/N-ethyl adjacent to an activating group) is 1. The summed E-state index contributed by atoms with van der Waals surface area (Å²) in [6.07, 6.45) is 2.70. The van der Waals surface area contributed by atoms with Crippen molar-refractivity contribution in [2.75, 3.05) is 29.4 Å². The van der Waals surface area contributed by atoms with Crippen LogP contribution in [-0.4, -0.2) is 53.6 Å². The van der Waals surface area contributed by atoms with Gasteiger partial charge in [0.05, 0.1) is 28.5 Å². The fourth-order valence-corrected chi connectivity index (χ4v) is 4.76. The Kier molecular flexibility index (Phi) is 8.25. The molecule has 0 saturated heterocycles. The van der Waals surface area contributed by atoms with E-state index in [2.05, 4.69) is 30.4 Å². The second kappa shape index (κ2) is 11.6. The van der Waals surface area contributed by atoms with Gasteiger partial charge in [0.15, 0.2) is 0 Å². The number of benzene rings is 2. The molecule has 2 aromatic heterocycles. The lowest BCUT2D eigenvalue weighted by atomic mass is 10.1. The summed E-state index contributed by atoms with van der Waals surface area (Å²) in [6, 6.07) is 10.5. The van der Waals surface area contributed by atoms with Crippen molar-refractivity contribution in [3.63, 3.8) is 0 Å². The SMILES string of the molecule is CCNCCNc1cc(Cl)ccc1CNC(=O)c1cccc2c1cnn2N(c1ncns1)S(=O)[O-]. The average molecular weight is 534 g/mol. The van der Waals surface area contributed by atoms with E-state index in [1.165, 1.54) is 17.3 Å². The Labute approximate surface area is 213 Å². The van der Waals surface area contributed by atoms with Crippen molar-refractivity contribution in [2.24, 2.45) is 0 Å². The number of hydrogen-bond acceptors (Lipinski definition) is 9. The maximum absolute atomic E-state index is 13.1. The minimum atomic E-state index is -2.70. The topological polar surface area (TPSA) is 140 Å². The van der Waals surface area contributed by atoms with E-state index in [0.717, 1.165) is 40.3 Å². The van der Waals surface area contributed by atoms with Crippen LogP contribution in [-0.2, 0) is 17.8 Å². The van der Waals surface area contributed by atoms with Crippen molar-refractivity contribution in [3.05, 3.63) is 65.1 Å². The molecule has 4 aromatic rings. The van der Waals surface area contributed by atoms with E-state index in [0.29, 0.717) is 28.0 Å². The summed E-state index contributed by atoms with van der Waals surface area (Å²) in [7, 11) is 0. The zero-order chi connectivity index (χ0) is 24.8. The third-order valence-corrected chi connectivity index (χ3v) is 6.65. The summed E-state index contributed by atoms with van der Waals surface area (Å²) in [4.78, 5) is 18.2. The number of carbonyl (C=O) groups excluding carboxylic acids is 1. The number of halogens is 1. The maximum Gasteiger partial charge on any atom is 0.252 e. The van der Waals surface area contributed by atoms with Gasteiger partial charge in [-0.2, -0.15) is 18.7 Å². The highest BCUT2D eigenvalue weighted by Gasteiger charge is 2.20. The lowest BCUT2D eigenvalue weighted by Crippen LogP contribution is -2.32. The summed E-state index contributed by atoms with van der Waals surface area (Å²) >= 11 is 4.36. The molecular formula is C21H22ClN8O3S2-. The summed E-state index contributed by atoms with van der Waals surface area (Å²) < 4.78 is 28.5. The van der Waals surface area contributed by atoms with Crippen molar-refractivity contribution in [2.45, 2.75) is 13.5 Å². The Bertz CT molecular complexity index is 1330. The normalized spacial score (nSPS) is 12.0. The van der Waals surface area contributed by atoms with Crippen LogP contribution in [0.5, 0.6) is 0 Å². The molecular weight excluding hydrogens is 512 g/mol. The van der Waals surface area contributed by atoms with Gasteiger partial charge in [0.1, 0.15) is 6.33 Å². The van der Waals surface area contributed by atoms with Crippen LogP contribution in [0.15, 0.2) is 48.9 Å². The Morgan fingerprint density at radius 3 is 2.89 bits per heavy atom. The van der Waals surface area contributed by atoms with Crippen LogP contribution in [0.1, 0.15) is 22.8 Å². The zero-order valence-corrected chi connectivity index (χ0v) is 21.0. The van der Waals surface area contributed by atoms with Gasteiger partial charge in [-0.15, -0.1) is 0 Å². The molecule has 0 aliphatic heterocycles. The quantitative estimate of drug-likeness (QED) is 0.197. The van der Waals surface area contributed by atoms with Gasteiger partial charge in [-0.3, -0.25) is 4.79 Å². The van der Waals surface area contributed by atoms with Crippen molar-refractivity contribution < 1.29 is 13.6 Å². The van der Waals surface area contributed by atoms with E-state index in [1.807, 2.05) is 19.1 Å². The van der Waals surface area contributed by atoms with Gasteiger partial charge in [0.2, 0.25) is 5.13 Å². The average Bonchev–Trinajstić information content (AvgIpc) is 3.52. The van der Waals surface area contributed by atoms with E-state index >= 15 is 0 Å². The summed E-state index contributed by atoms with van der Waals surface area (Å²) in [5.74, 6) is -0.325. The lowest BCUT2D eigenvalue weighted by molar-refractivity contribution is 0.0952. The predicted molar refractivity (Wildman–Crippen MR) is 136 cm³/mol. The Hall–Kier alpha value is -3.10. The van der Waals surface area contributed by atoms with Crippen LogP contribution in [0.4, 0.5) is 10.8 Å². The van der Waals surface area contributed by atoms with Crippen molar-refractivity contribution in [1.82, 2.24) is 29.9 Å². The zero-order valence-electron chi connectivity index (χ0n) is 18.6. The molecule has 0 fully saturated rings. The van der Waals surface area contributed by atoms with E-state index in [-0.39, 0.29) is 17.6 Å². The largest absolute Gasteiger partial charge is 0.754 e. The van der Waals surface area contributed by atoms with Crippen molar-refractivity contribution in [1.29, 1.82) is 0 Å². The van der Waals surface area contributed by atoms with Gasteiger partial charge in [-0.25, -0.2) is 9.19 Å². The smallest absolute Gasteiger partial charge is 0.252 e. The van der Waals surface area contributed by atoms with E-state index in [9.17, 15) is 13.6 Å². The van der Waals surface area contributed by atoms with Gasteiger partial charge < -0.3 is 20.5 Å². The van der Waals surface area contributed by atoms with Crippen LogP contribution in [0.3, 0.4) is 0 Å². The van der Waals surface area contributed by atoms with Crippen LogP contribution in [0, 0.1) is 0 Å². The van der Waals surface area contributed by atoms with Crippen molar-refractivity contribution >= 4 is 62.0 Å². The standard InChI is InChI=1S/C21H23ClN8O3S2/c1-2-23-8-9-24-18-10-15(22)7-6-14(18)11-25-20(31)16-4-3-5-19-17(16)12-27-29(19)30(35(32)33)21-26-13-28-34-21/h3-7,10,12-13,23-24H,2,8-9,11H2,1H3,(H,25,31)(H,32,33)/p-1. The number of nitrogens with one attached hydrogen (secondary N) is 3. The summed E-state index contributed by atoms with van der Waals surface area (Å²) in [5, 5.41) is 14.9. The van der Waals surface area contributed by atoms with Crippen LogP contribution in [0.25, 0.3) is 10.9 Å². The predicted octanol–water partition coefficient (Wildman–Crippen LogP) is 2.56. The van der Waals surface area contributed by atoms with E-state index in [1.54, 1.807) is 24.3 Å². The summed E-state index contributed by atoms with van der Waals surface area (Å²) in [6.45, 7) is 4.69. The van der Waals surface area contributed by atoms with Gasteiger partial charge >= 0.3 is 0 Å². The minimum absolute atomic E-state index is 0.120. The minimum Gasteiger partial charge on any atom is -0.754 e. The van der Waals surface area contributed by atoms with Gasteiger partial charge in [0, 0.05) is 47.3 Å². The molecule has 1 unspecified atom stereocenters. The first-order valence-corrected chi connectivity index (χ1v) is 12.8. The molecule has 11 nitrogen and oxygen atoms in total. The highest BCUT2D eigenvalue weighted by atomic mass is 35.5. The molecule has 1 amide bonds.